The second-order valence-electron chi connectivity index (χ2n) is 3.91. The molecule has 0 amide bonds. The third-order valence-corrected chi connectivity index (χ3v) is 2.98. The number of aryl methyl sites for hydroxylation is 2. The van der Waals surface area contributed by atoms with E-state index < -0.39 is 0 Å². The summed E-state index contributed by atoms with van der Waals surface area (Å²) in [5.74, 6) is 1.97. The summed E-state index contributed by atoms with van der Waals surface area (Å²) in [7, 11) is 4.11. The number of halogens is 1. The number of para-hydroxylation sites is 2. The highest BCUT2D eigenvalue weighted by Crippen LogP contribution is 2.21. The minimum atomic E-state index is 0. The van der Waals surface area contributed by atoms with Gasteiger partial charge in [-0.3, -0.25) is 0 Å². The molecule has 0 aliphatic rings. The summed E-state index contributed by atoms with van der Waals surface area (Å²) in [5, 5.41) is 0. The van der Waals surface area contributed by atoms with Crippen LogP contribution in [0.1, 0.15) is 0 Å². The number of hydrogen-bond donors (Lipinski definition) is 0. The second-order valence-corrected chi connectivity index (χ2v) is 3.91. The minimum Gasteiger partial charge on any atom is -1.00 e. The highest BCUT2D eigenvalue weighted by atomic mass is 127. The average Bonchev–Trinajstić information content (AvgIpc) is 2.89. The lowest BCUT2D eigenvalue weighted by Crippen LogP contribution is -3.00. The van der Waals surface area contributed by atoms with Gasteiger partial charge in [-0.15, -0.1) is 0 Å². The van der Waals surface area contributed by atoms with E-state index in [1.54, 1.807) is 6.26 Å². The van der Waals surface area contributed by atoms with Gasteiger partial charge in [0, 0.05) is 0 Å². The molecular formula is C13H13IN2O. The number of nitrogens with zero attached hydrogens (tertiary/aromatic N) is 2. The quantitative estimate of drug-likeness (QED) is 0.423. The summed E-state index contributed by atoms with van der Waals surface area (Å²) in [6, 6.07) is 12.2. The number of benzene rings is 1. The van der Waals surface area contributed by atoms with Crippen LogP contribution in [0.3, 0.4) is 0 Å². The molecular weight excluding hydrogens is 327 g/mol. The zero-order chi connectivity index (χ0) is 11.1. The zero-order valence-corrected chi connectivity index (χ0v) is 11.9. The molecule has 0 unspecified atom stereocenters. The van der Waals surface area contributed by atoms with Crippen molar-refractivity contribution < 1.29 is 33.0 Å². The number of furan rings is 1. The van der Waals surface area contributed by atoms with E-state index in [9.17, 15) is 0 Å². The SMILES string of the molecule is Cn1c(-c2ccco2)[n+](C)c2ccccc21.[I-]. The van der Waals surface area contributed by atoms with Crippen molar-refractivity contribution in [3.05, 3.63) is 42.7 Å². The van der Waals surface area contributed by atoms with Crippen LogP contribution in [0.25, 0.3) is 22.6 Å². The van der Waals surface area contributed by atoms with Crippen LogP contribution >= 0.6 is 0 Å². The molecule has 1 aromatic carbocycles. The Morgan fingerprint density at radius 2 is 1.88 bits per heavy atom. The van der Waals surface area contributed by atoms with Gasteiger partial charge in [0.05, 0.1) is 20.4 Å². The molecule has 2 heterocycles. The van der Waals surface area contributed by atoms with Crippen molar-refractivity contribution in [2.75, 3.05) is 0 Å². The van der Waals surface area contributed by atoms with E-state index in [0.29, 0.717) is 0 Å². The molecule has 0 aliphatic heterocycles. The van der Waals surface area contributed by atoms with Crippen LogP contribution in [-0.4, -0.2) is 4.57 Å². The summed E-state index contributed by atoms with van der Waals surface area (Å²) < 4.78 is 9.76. The van der Waals surface area contributed by atoms with Gasteiger partial charge in [0.1, 0.15) is 0 Å². The van der Waals surface area contributed by atoms with E-state index in [4.69, 9.17) is 4.42 Å². The average molecular weight is 340 g/mol. The Balaban J connectivity index is 0.00000108. The first-order chi connectivity index (χ1) is 7.79. The highest BCUT2D eigenvalue weighted by molar-refractivity contribution is 5.74. The lowest BCUT2D eigenvalue weighted by atomic mass is 10.3. The Hall–Kier alpha value is -1.30. The first kappa shape index (κ1) is 12.2. The Labute approximate surface area is 117 Å². The molecule has 3 aromatic rings. The summed E-state index contributed by atoms with van der Waals surface area (Å²) in [5.41, 5.74) is 2.41. The van der Waals surface area contributed by atoms with Gasteiger partial charge in [0.15, 0.2) is 11.0 Å². The fourth-order valence-electron chi connectivity index (χ4n) is 2.22. The van der Waals surface area contributed by atoms with Crippen molar-refractivity contribution in [1.29, 1.82) is 0 Å². The van der Waals surface area contributed by atoms with Gasteiger partial charge >= 0.3 is 5.82 Å². The molecule has 0 bridgehead atoms. The van der Waals surface area contributed by atoms with Crippen molar-refractivity contribution in [2.45, 2.75) is 0 Å². The Bertz CT molecular complexity index is 602. The largest absolute Gasteiger partial charge is 1.00 e. The number of rotatable bonds is 1. The molecule has 4 heteroatoms. The first-order valence-electron chi connectivity index (χ1n) is 5.26. The van der Waals surface area contributed by atoms with Crippen LogP contribution in [0.2, 0.25) is 0 Å². The number of aromatic nitrogens is 2. The fourth-order valence-corrected chi connectivity index (χ4v) is 2.22. The van der Waals surface area contributed by atoms with Gasteiger partial charge in [0.25, 0.3) is 0 Å². The molecule has 0 N–H and O–H groups in total. The molecule has 0 aliphatic carbocycles. The maximum absolute atomic E-state index is 5.47. The van der Waals surface area contributed by atoms with E-state index in [0.717, 1.165) is 11.6 Å². The van der Waals surface area contributed by atoms with E-state index in [1.165, 1.54) is 11.0 Å². The van der Waals surface area contributed by atoms with Crippen molar-refractivity contribution in [1.82, 2.24) is 4.57 Å². The van der Waals surface area contributed by atoms with Crippen LogP contribution in [0.5, 0.6) is 0 Å². The normalized spacial score (nSPS) is 10.5. The van der Waals surface area contributed by atoms with Crippen molar-refractivity contribution in [3.8, 4) is 11.6 Å². The van der Waals surface area contributed by atoms with Crippen molar-refractivity contribution in [3.63, 3.8) is 0 Å². The van der Waals surface area contributed by atoms with E-state index in [1.807, 2.05) is 24.3 Å². The zero-order valence-electron chi connectivity index (χ0n) is 9.72. The lowest BCUT2D eigenvalue weighted by Gasteiger charge is -1.93. The Kier molecular flexibility index (Phi) is 3.24. The molecule has 0 saturated heterocycles. The topological polar surface area (TPSA) is 21.9 Å². The molecule has 0 fully saturated rings. The van der Waals surface area contributed by atoms with Crippen LogP contribution in [0, 0.1) is 0 Å². The molecule has 2 aromatic heterocycles. The summed E-state index contributed by atoms with van der Waals surface area (Å²) in [4.78, 5) is 0. The Morgan fingerprint density at radius 1 is 1.12 bits per heavy atom. The molecule has 0 radical (unpaired) electrons. The maximum atomic E-state index is 5.47. The Morgan fingerprint density at radius 3 is 2.53 bits per heavy atom. The van der Waals surface area contributed by atoms with Gasteiger partial charge in [-0.25, -0.2) is 9.13 Å². The van der Waals surface area contributed by atoms with Crippen LogP contribution in [-0.2, 0) is 14.1 Å². The molecule has 0 saturated carbocycles. The van der Waals surface area contributed by atoms with E-state index in [2.05, 4.69) is 35.4 Å². The predicted octanol–water partition coefficient (Wildman–Crippen LogP) is -0.733. The minimum absolute atomic E-state index is 0. The van der Waals surface area contributed by atoms with Gasteiger partial charge in [-0.1, -0.05) is 12.1 Å². The standard InChI is InChI=1S/C13H13N2O.HI/c1-14-10-6-3-4-7-11(10)15(2)13(14)12-8-5-9-16-12;/h3-9H,1-2H3;1H/q+1;/p-1. The molecule has 3 rings (SSSR count). The van der Waals surface area contributed by atoms with Gasteiger partial charge in [-0.05, 0) is 24.3 Å². The molecule has 88 valence electrons. The predicted molar refractivity (Wildman–Crippen MR) is 61.8 cm³/mol. The molecule has 0 spiro atoms. The second kappa shape index (κ2) is 4.52. The fraction of sp³-hybridized carbons (Fsp3) is 0.154. The van der Waals surface area contributed by atoms with E-state index >= 15 is 0 Å². The third kappa shape index (κ3) is 1.76. The van der Waals surface area contributed by atoms with Crippen molar-refractivity contribution >= 4 is 11.0 Å². The molecule has 0 atom stereocenters. The van der Waals surface area contributed by atoms with Gasteiger partial charge < -0.3 is 28.4 Å². The van der Waals surface area contributed by atoms with Crippen LogP contribution in [0.4, 0.5) is 0 Å². The first-order valence-corrected chi connectivity index (χ1v) is 5.26. The maximum Gasteiger partial charge on any atom is 0.325 e. The van der Waals surface area contributed by atoms with E-state index in [-0.39, 0.29) is 24.0 Å². The third-order valence-electron chi connectivity index (χ3n) is 2.98. The monoisotopic (exact) mass is 340 g/mol. The van der Waals surface area contributed by atoms with Crippen molar-refractivity contribution in [2.24, 2.45) is 14.1 Å². The van der Waals surface area contributed by atoms with Gasteiger partial charge in [0.2, 0.25) is 5.76 Å². The highest BCUT2D eigenvalue weighted by Gasteiger charge is 2.22. The molecule has 3 nitrogen and oxygen atoms in total. The van der Waals surface area contributed by atoms with Crippen LogP contribution in [0.15, 0.2) is 47.1 Å². The number of fused-ring (bicyclic) bond motifs is 1. The summed E-state index contributed by atoms with van der Waals surface area (Å²) >= 11 is 0. The summed E-state index contributed by atoms with van der Waals surface area (Å²) in [6.07, 6.45) is 1.70. The summed E-state index contributed by atoms with van der Waals surface area (Å²) in [6.45, 7) is 0. The van der Waals surface area contributed by atoms with Gasteiger partial charge in [-0.2, -0.15) is 0 Å². The lowest BCUT2D eigenvalue weighted by molar-refractivity contribution is -0.634. The number of hydrogen-bond acceptors (Lipinski definition) is 1. The number of imidazole rings is 1. The smallest absolute Gasteiger partial charge is 0.325 e. The molecule has 17 heavy (non-hydrogen) atoms. The van der Waals surface area contributed by atoms with Crippen LogP contribution < -0.4 is 28.5 Å².